The van der Waals surface area contributed by atoms with E-state index < -0.39 is 6.10 Å². The van der Waals surface area contributed by atoms with Gasteiger partial charge >= 0.3 is 0 Å². The van der Waals surface area contributed by atoms with Gasteiger partial charge < -0.3 is 9.84 Å². The molecule has 0 heterocycles. The van der Waals surface area contributed by atoms with E-state index >= 15 is 0 Å². The monoisotopic (exact) mass is 340 g/mol. The molecule has 2 aromatic rings. The van der Waals surface area contributed by atoms with E-state index in [1.165, 1.54) is 0 Å². The van der Waals surface area contributed by atoms with E-state index in [1.54, 1.807) is 12.1 Å². The van der Waals surface area contributed by atoms with Crippen LogP contribution in [0.15, 0.2) is 46.9 Å². The largest absolute Gasteiger partial charge is 0.493 e. The van der Waals surface area contributed by atoms with Crippen molar-refractivity contribution in [3.8, 4) is 5.75 Å². The number of para-hydroxylation sites is 1. The average molecular weight is 342 g/mol. The highest BCUT2D eigenvalue weighted by molar-refractivity contribution is 9.10. The van der Waals surface area contributed by atoms with E-state index in [1.807, 2.05) is 37.3 Å². The number of hydrogen-bond donors (Lipinski definition) is 1. The van der Waals surface area contributed by atoms with Crippen LogP contribution in [0.1, 0.15) is 24.2 Å². The topological polar surface area (TPSA) is 29.5 Å². The summed E-state index contributed by atoms with van der Waals surface area (Å²) in [5.41, 5.74) is 1.38. The van der Waals surface area contributed by atoms with E-state index in [0.717, 1.165) is 4.47 Å². The lowest BCUT2D eigenvalue weighted by Gasteiger charge is -2.17. The molecule has 100 valence electrons. The lowest BCUT2D eigenvalue weighted by atomic mass is 10.0. The van der Waals surface area contributed by atoms with Crippen LogP contribution in [0.25, 0.3) is 0 Å². The first-order valence-corrected chi connectivity index (χ1v) is 7.15. The van der Waals surface area contributed by atoms with Crippen LogP contribution in [0, 0.1) is 0 Å². The zero-order valence-electron chi connectivity index (χ0n) is 10.4. The van der Waals surface area contributed by atoms with E-state index in [0.29, 0.717) is 28.5 Å². The van der Waals surface area contributed by atoms with Crippen LogP contribution >= 0.6 is 27.5 Å². The first-order valence-electron chi connectivity index (χ1n) is 5.98. The maximum atomic E-state index is 10.5. The van der Waals surface area contributed by atoms with Gasteiger partial charge in [0.25, 0.3) is 0 Å². The van der Waals surface area contributed by atoms with E-state index in [9.17, 15) is 5.11 Å². The predicted molar refractivity (Wildman–Crippen MR) is 80.8 cm³/mol. The molecule has 0 amide bonds. The van der Waals surface area contributed by atoms with Crippen molar-refractivity contribution in [3.63, 3.8) is 0 Å². The minimum Gasteiger partial charge on any atom is -0.493 e. The quantitative estimate of drug-likeness (QED) is 0.882. The zero-order valence-corrected chi connectivity index (χ0v) is 12.8. The number of halogens is 2. The second kappa shape index (κ2) is 6.42. The average Bonchev–Trinajstić information content (AvgIpc) is 2.39. The van der Waals surface area contributed by atoms with Crippen molar-refractivity contribution in [2.75, 3.05) is 6.61 Å². The Kier molecular flexibility index (Phi) is 4.86. The van der Waals surface area contributed by atoms with Gasteiger partial charge in [-0.25, -0.2) is 0 Å². The molecule has 0 aliphatic heterocycles. The van der Waals surface area contributed by atoms with Crippen molar-refractivity contribution >= 4 is 27.5 Å². The molecule has 0 aliphatic rings. The molecule has 1 unspecified atom stereocenters. The van der Waals surface area contributed by atoms with Gasteiger partial charge in [0.05, 0.1) is 6.61 Å². The van der Waals surface area contributed by atoms with Crippen LogP contribution in [-0.4, -0.2) is 11.7 Å². The van der Waals surface area contributed by atoms with Gasteiger partial charge in [0.2, 0.25) is 0 Å². The SMILES string of the molecule is CCOc1ccccc1C(O)c1ccc(Br)cc1Cl. The Morgan fingerprint density at radius 2 is 1.95 bits per heavy atom. The standard InChI is InChI=1S/C15H14BrClO2/c1-2-19-14-6-4-3-5-12(14)15(18)11-8-7-10(16)9-13(11)17/h3-9,15,18H,2H2,1H3. The summed E-state index contributed by atoms with van der Waals surface area (Å²) in [6.07, 6.45) is -0.802. The second-order valence-corrected chi connectivity index (χ2v) is 5.36. The summed E-state index contributed by atoms with van der Waals surface area (Å²) < 4.78 is 6.41. The maximum absolute atomic E-state index is 10.5. The van der Waals surface area contributed by atoms with Crippen LogP contribution in [0.2, 0.25) is 5.02 Å². The highest BCUT2D eigenvalue weighted by Crippen LogP contribution is 2.34. The Hall–Kier alpha value is -1.03. The highest BCUT2D eigenvalue weighted by atomic mass is 79.9. The van der Waals surface area contributed by atoms with Crippen molar-refractivity contribution in [1.82, 2.24) is 0 Å². The van der Waals surface area contributed by atoms with Crippen LogP contribution in [0.5, 0.6) is 5.75 Å². The fraction of sp³-hybridized carbons (Fsp3) is 0.200. The second-order valence-electron chi connectivity index (χ2n) is 4.04. The lowest BCUT2D eigenvalue weighted by Crippen LogP contribution is -2.04. The zero-order chi connectivity index (χ0) is 13.8. The van der Waals surface area contributed by atoms with Crippen molar-refractivity contribution < 1.29 is 9.84 Å². The number of aliphatic hydroxyl groups is 1. The van der Waals surface area contributed by atoms with Gasteiger partial charge in [0.15, 0.2) is 0 Å². The Morgan fingerprint density at radius 3 is 2.63 bits per heavy atom. The number of hydrogen-bond acceptors (Lipinski definition) is 2. The number of benzene rings is 2. The third-order valence-corrected chi connectivity index (χ3v) is 3.59. The Bertz CT molecular complexity index is 572. The minimum atomic E-state index is -0.802. The molecule has 2 nitrogen and oxygen atoms in total. The fourth-order valence-electron chi connectivity index (χ4n) is 1.88. The van der Waals surface area contributed by atoms with Gasteiger partial charge in [-0.1, -0.05) is 51.8 Å². The number of rotatable bonds is 4. The molecule has 19 heavy (non-hydrogen) atoms. The summed E-state index contributed by atoms with van der Waals surface area (Å²) in [5.74, 6) is 0.677. The third kappa shape index (κ3) is 3.30. The molecule has 0 saturated heterocycles. The molecule has 0 bridgehead atoms. The van der Waals surface area contributed by atoms with Crippen LogP contribution < -0.4 is 4.74 Å². The highest BCUT2D eigenvalue weighted by Gasteiger charge is 2.17. The van der Waals surface area contributed by atoms with Gasteiger partial charge in [0.1, 0.15) is 11.9 Å². The molecule has 0 spiro atoms. The van der Waals surface area contributed by atoms with Crippen molar-refractivity contribution in [2.45, 2.75) is 13.0 Å². The molecule has 0 radical (unpaired) electrons. The fourth-order valence-corrected chi connectivity index (χ4v) is 2.66. The summed E-state index contributed by atoms with van der Waals surface area (Å²) in [5, 5.41) is 11.0. The summed E-state index contributed by atoms with van der Waals surface area (Å²) in [7, 11) is 0. The van der Waals surface area contributed by atoms with Gasteiger partial charge in [-0.2, -0.15) is 0 Å². The molecule has 0 aliphatic carbocycles. The van der Waals surface area contributed by atoms with E-state index in [4.69, 9.17) is 16.3 Å². The Morgan fingerprint density at radius 1 is 1.21 bits per heavy atom. The first-order chi connectivity index (χ1) is 9.13. The molecule has 0 saturated carbocycles. The Labute approximate surface area is 126 Å². The van der Waals surface area contributed by atoms with Crippen LogP contribution in [-0.2, 0) is 0 Å². The van der Waals surface area contributed by atoms with E-state index in [-0.39, 0.29) is 0 Å². The van der Waals surface area contributed by atoms with Crippen LogP contribution in [0.3, 0.4) is 0 Å². The molecule has 4 heteroatoms. The van der Waals surface area contributed by atoms with Crippen molar-refractivity contribution in [2.24, 2.45) is 0 Å². The smallest absolute Gasteiger partial charge is 0.125 e. The minimum absolute atomic E-state index is 0.521. The molecule has 1 atom stereocenters. The first kappa shape index (κ1) is 14.4. The van der Waals surface area contributed by atoms with Crippen molar-refractivity contribution in [3.05, 3.63) is 63.1 Å². The Balaban J connectivity index is 2.41. The van der Waals surface area contributed by atoms with Crippen LogP contribution in [0.4, 0.5) is 0 Å². The summed E-state index contributed by atoms with van der Waals surface area (Å²) in [6, 6.07) is 12.9. The molecule has 0 aromatic heterocycles. The summed E-state index contributed by atoms with van der Waals surface area (Å²) in [4.78, 5) is 0. The lowest BCUT2D eigenvalue weighted by molar-refractivity contribution is 0.212. The van der Waals surface area contributed by atoms with Crippen molar-refractivity contribution in [1.29, 1.82) is 0 Å². The summed E-state index contributed by atoms with van der Waals surface area (Å²) in [6.45, 7) is 2.47. The third-order valence-electron chi connectivity index (χ3n) is 2.77. The maximum Gasteiger partial charge on any atom is 0.125 e. The number of ether oxygens (including phenoxy) is 1. The van der Waals surface area contributed by atoms with Gasteiger partial charge in [-0.15, -0.1) is 0 Å². The predicted octanol–water partition coefficient (Wildman–Crippen LogP) is 4.58. The molecule has 2 rings (SSSR count). The molecule has 2 aromatic carbocycles. The van der Waals surface area contributed by atoms with Gasteiger partial charge in [0, 0.05) is 20.6 Å². The molecular weight excluding hydrogens is 328 g/mol. The molecule has 0 fully saturated rings. The van der Waals surface area contributed by atoms with Gasteiger partial charge in [-0.05, 0) is 25.1 Å². The van der Waals surface area contributed by atoms with Gasteiger partial charge in [-0.3, -0.25) is 0 Å². The molecule has 1 N–H and O–H groups in total. The summed E-state index contributed by atoms with van der Waals surface area (Å²) >= 11 is 9.52. The van der Waals surface area contributed by atoms with E-state index in [2.05, 4.69) is 15.9 Å². The molecular formula is C15H14BrClO2. The number of aliphatic hydroxyl groups excluding tert-OH is 1. The normalized spacial score (nSPS) is 12.2.